The summed E-state index contributed by atoms with van der Waals surface area (Å²) in [6, 6.07) is 80.7. The predicted molar refractivity (Wildman–Crippen MR) is 250 cm³/mol. The van der Waals surface area contributed by atoms with E-state index < -0.39 is 0 Å². The quantitative estimate of drug-likeness (QED) is 0.122. The summed E-state index contributed by atoms with van der Waals surface area (Å²) in [5.74, 6) is 0. The number of benzene rings is 12. The van der Waals surface area contributed by atoms with Gasteiger partial charge in [0.25, 0.3) is 0 Å². The molecule has 0 amide bonds. The van der Waals surface area contributed by atoms with Gasteiger partial charge in [0, 0.05) is 0 Å². The second-order valence-electron chi connectivity index (χ2n) is 15.5. The molecule has 12 aromatic carbocycles. The molecule has 0 aliphatic rings. The van der Waals surface area contributed by atoms with Crippen LogP contribution in [-0.4, -0.2) is 0 Å². The smallest absolute Gasteiger partial charge is 0.00137 e. The summed E-state index contributed by atoms with van der Waals surface area (Å²) in [6.07, 6.45) is 0. The van der Waals surface area contributed by atoms with Crippen LogP contribution in [0.15, 0.2) is 218 Å². The zero-order valence-electron chi connectivity index (χ0n) is 31.8. The Morgan fingerprint density at radius 1 is 0.172 bits per heavy atom. The van der Waals surface area contributed by atoms with E-state index >= 15 is 0 Å². The second kappa shape index (κ2) is 13.0. The third-order valence-electron chi connectivity index (χ3n) is 12.4. The molecule has 0 atom stereocenters. The van der Waals surface area contributed by atoms with Crippen molar-refractivity contribution in [2.24, 2.45) is 0 Å². The molecular formula is C58H36. The molecule has 12 aromatic rings. The molecule has 0 aliphatic carbocycles. The van der Waals surface area contributed by atoms with E-state index in [2.05, 4.69) is 218 Å². The molecular weight excluding hydrogens is 697 g/mol. The van der Waals surface area contributed by atoms with Gasteiger partial charge < -0.3 is 0 Å². The molecule has 0 aliphatic heterocycles. The van der Waals surface area contributed by atoms with E-state index in [0.29, 0.717) is 0 Å². The van der Waals surface area contributed by atoms with Crippen LogP contribution in [0.25, 0.3) is 120 Å². The summed E-state index contributed by atoms with van der Waals surface area (Å²) in [5, 5.41) is 15.6. The highest BCUT2D eigenvalue weighted by Gasteiger charge is 2.22. The summed E-state index contributed by atoms with van der Waals surface area (Å²) >= 11 is 0. The van der Waals surface area contributed by atoms with Crippen molar-refractivity contribution >= 4 is 64.6 Å². The van der Waals surface area contributed by atoms with Gasteiger partial charge in [0.1, 0.15) is 0 Å². The average Bonchev–Trinajstić information content (AvgIpc) is 3.30. The average molecular weight is 733 g/mol. The lowest BCUT2D eigenvalue weighted by Crippen LogP contribution is -1.94. The van der Waals surface area contributed by atoms with Gasteiger partial charge in [0.2, 0.25) is 0 Å². The van der Waals surface area contributed by atoms with Crippen LogP contribution in [0, 0.1) is 0 Å². The minimum Gasteiger partial charge on any atom is -0.0622 e. The minimum atomic E-state index is 1.21. The number of fused-ring (bicyclic) bond motifs is 5. The first-order valence-electron chi connectivity index (χ1n) is 20.2. The Morgan fingerprint density at radius 2 is 0.621 bits per heavy atom. The normalized spacial score (nSPS) is 11.8. The third-order valence-corrected chi connectivity index (χ3v) is 12.4. The molecule has 0 bridgehead atoms. The van der Waals surface area contributed by atoms with Crippen molar-refractivity contribution in [3.63, 3.8) is 0 Å². The van der Waals surface area contributed by atoms with E-state index in [1.54, 1.807) is 0 Å². The fourth-order valence-electron chi connectivity index (χ4n) is 9.93. The summed E-state index contributed by atoms with van der Waals surface area (Å²) in [5.41, 5.74) is 12.4. The van der Waals surface area contributed by atoms with Crippen molar-refractivity contribution in [2.45, 2.75) is 0 Å². The molecule has 0 fully saturated rings. The monoisotopic (exact) mass is 732 g/mol. The first kappa shape index (κ1) is 32.7. The lowest BCUT2D eigenvalue weighted by Gasteiger charge is -2.22. The SMILES string of the molecule is c1ccc(-c2ccc(-c3ccccc3)c(-c3ccc(-c4c5ccccc5c5c6ccc(-c7ccccc7)c7cccc(c8cccc4c85)c76)c4ccccc34)c2)cc1. The molecule has 0 saturated heterocycles. The highest BCUT2D eigenvalue weighted by molar-refractivity contribution is 6.41. The van der Waals surface area contributed by atoms with Crippen molar-refractivity contribution in [3.8, 4) is 55.6 Å². The zero-order valence-corrected chi connectivity index (χ0v) is 31.8. The standard InChI is InChI=1S/C58H36/c1-4-16-37(17-5-1)40-30-31-42(39-20-8-3-9-21-39)54(36-40)45-33-34-51(44-23-11-10-22-43(44)45)56-47-24-12-13-25-49(47)58-53-35-32-41(38-18-6-2-7-19-38)46-26-14-27-48(55(46)53)50-28-15-29-52(56)57(50)58/h1-36H. The van der Waals surface area contributed by atoms with E-state index in [9.17, 15) is 0 Å². The Labute approximate surface area is 337 Å². The molecule has 0 spiro atoms. The van der Waals surface area contributed by atoms with Gasteiger partial charge in [0.05, 0.1) is 0 Å². The van der Waals surface area contributed by atoms with Gasteiger partial charge in [0.15, 0.2) is 0 Å². The first-order chi connectivity index (χ1) is 28.8. The number of hydrogen-bond donors (Lipinski definition) is 0. The van der Waals surface area contributed by atoms with Gasteiger partial charge in [-0.1, -0.05) is 212 Å². The van der Waals surface area contributed by atoms with Crippen LogP contribution in [0.2, 0.25) is 0 Å². The molecule has 0 heteroatoms. The van der Waals surface area contributed by atoms with Gasteiger partial charge in [-0.15, -0.1) is 0 Å². The van der Waals surface area contributed by atoms with Crippen molar-refractivity contribution in [1.29, 1.82) is 0 Å². The van der Waals surface area contributed by atoms with E-state index in [0.717, 1.165) is 0 Å². The van der Waals surface area contributed by atoms with E-state index in [1.165, 1.54) is 120 Å². The molecule has 268 valence electrons. The van der Waals surface area contributed by atoms with Gasteiger partial charge >= 0.3 is 0 Å². The van der Waals surface area contributed by atoms with Crippen molar-refractivity contribution in [1.82, 2.24) is 0 Å². The Morgan fingerprint density at radius 3 is 1.33 bits per heavy atom. The maximum Gasteiger partial charge on any atom is -0.00137 e. The van der Waals surface area contributed by atoms with E-state index in [-0.39, 0.29) is 0 Å². The van der Waals surface area contributed by atoms with E-state index in [1.807, 2.05) is 0 Å². The van der Waals surface area contributed by atoms with Gasteiger partial charge in [-0.2, -0.15) is 0 Å². The number of hydrogen-bond acceptors (Lipinski definition) is 0. The minimum absolute atomic E-state index is 1.21. The van der Waals surface area contributed by atoms with Crippen molar-refractivity contribution in [3.05, 3.63) is 218 Å². The van der Waals surface area contributed by atoms with Crippen LogP contribution in [0.1, 0.15) is 0 Å². The predicted octanol–water partition coefficient (Wildman–Crippen LogP) is 16.4. The van der Waals surface area contributed by atoms with Crippen LogP contribution >= 0.6 is 0 Å². The topological polar surface area (TPSA) is 0 Å². The Hall–Kier alpha value is -7.54. The zero-order chi connectivity index (χ0) is 38.2. The molecule has 0 nitrogen and oxygen atoms in total. The maximum absolute atomic E-state index is 2.39. The van der Waals surface area contributed by atoms with E-state index in [4.69, 9.17) is 0 Å². The molecule has 58 heavy (non-hydrogen) atoms. The highest BCUT2D eigenvalue weighted by Crippen LogP contribution is 2.51. The molecule has 0 radical (unpaired) electrons. The molecule has 0 heterocycles. The Kier molecular flexibility index (Phi) is 7.33. The first-order valence-corrected chi connectivity index (χ1v) is 20.2. The fourth-order valence-corrected chi connectivity index (χ4v) is 9.93. The van der Waals surface area contributed by atoms with Crippen LogP contribution < -0.4 is 0 Å². The van der Waals surface area contributed by atoms with Gasteiger partial charge in [-0.25, -0.2) is 0 Å². The Balaban J connectivity index is 1.16. The summed E-state index contributed by atoms with van der Waals surface area (Å²) in [7, 11) is 0. The lowest BCUT2D eigenvalue weighted by molar-refractivity contribution is 1.57. The summed E-state index contributed by atoms with van der Waals surface area (Å²) in [4.78, 5) is 0. The van der Waals surface area contributed by atoms with Crippen molar-refractivity contribution < 1.29 is 0 Å². The molecule has 0 N–H and O–H groups in total. The van der Waals surface area contributed by atoms with Gasteiger partial charge in [-0.3, -0.25) is 0 Å². The second-order valence-corrected chi connectivity index (χ2v) is 15.5. The highest BCUT2D eigenvalue weighted by atomic mass is 14.3. The molecule has 0 unspecified atom stereocenters. The summed E-state index contributed by atoms with van der Waals surface area (Å²) < 4.78 is 0. The molecule has 12 rings (SSSR count). The molecule has 0 saturated carbocycles. The molecule has 0 aromatic heterocycles. The van der Waals surface area contributed by atoms with Crippen LogP contribution in [0.4, 0.5) is 0 Å². The largest absolute Gasteiger partial charge is 0.0622 e. The van der Waals surface area contributed by atoms with Gasteiger partial charge in [-0.05, 0) is 126 Å². The fraction of sp³-hybridized carbons (Fsp3) is 0. The summed E-state index contributed by atoms with van der Waals surface area (Å²) in [6.45, 7) is 0. The number of rotatable bonds is 5. The lowest BCUT2D eigenvalue weighted by atomic mass is 9.81. The maximum atomic E-state index is 2.39. The Bertz CT molecular complexity index is 3530. The third kappa shape index (κ3) is 4.89. The van der Waals surface area contributed by atoms with Crippen molar-refractivity contribution in [2.75, 3.05) is 0 Å². The van der Waals surface area contributed by atoms with Crippen LogP contribution in [-0.2, 0) is 0 Å². The van der Waals surface area contributed by atoms with Crippen LogP contribution in [0.3, 0.4) is 0 Å². The van der Waals surface area contributed by atoms with Crippen LogP contribution in [0.5, 0.6) is 0 Å².